The molecule has 62 heavy (non-hydrogen) atoms. The van der Waals surface area contributed by atoms with Gasteiger partial charge in [0.05, 0.1) is 19.8 Å². The van der Waals surface area contributed by atoms with Gasteiger partial charge in [-0.3, -0.25) is 9.59 Å². The minimum Gasteiger partial charge on any atom is -0.462 e. The molecule has 15 nitrogen and oxygen atoms in total. The van der Waals surface area contributed by atoms with Crippen LogP contribution in [0.3, 0.4) is 0 Å². The summed E-state index contributed by atoms with van der Waals surface area (Å²) in [6.07, 6.45) is 17.6. The third-order valence-corrected chi connectivity index (χ3v) is 11.1. The van der Waals surface area contributed by atoms with Crippen molar-refractivity contribution in [2.24, 2.45) is 0 Å². The third kappa shape index (κ3) is 23.6. The van der Waals surface area contributed by atoms with Crippen molar-refractivity contribution in [3.8, 4) is 0 Å². The summed E-state index contributed by atoms with van der Waals surface area (Å²) < 4.78 is 33.4. The lowest BCUT2D eigenvalue weighted by molar-refractivity contribution is -0.332. The number of ether oxygens (including phenoxy) is 6. The van der Waals surface area contributed by atoms with Crippen LogP contribution in [0.5, 0.6) is 0 Å². The summed E-state index contributed by atoms with van der Waals surface area (Å²) in [4.78, 5) is 25.6. The van der Waals surface area contributed by atoms with E-state index in [0.29, 0.717) is 12.8 Å². The number of rotatable bonds is 35. The molecule has 0 aromatic rings. The van der Waals surface area contributed by atoms with E-state index < -0.39 is 99.3 Å². The zero-order chi connectivity index (χ0) is 45.4. The average molecular weight is 887 g/mol. The standard InChI is InChI=1S/C47H82O15/c1-3-5-7-9-11-13-15-17-19-21-23-25-27-29-38(49)57-32-35(60-39(50)30-28-26-24-22-20-18-16-14-12-10-8-6-4-2)33-58-46-45(56)43(54)41(52)37(62-46)34-59-47-44(55)42(53)40(51)36(31-48)61-47/h6,8,12,14,18,20,35-37,40-48,51-56H,3-5,7,9-11,13,15-17,19,21-34H2,1-2H3/b8-6-,14-12-,20-18-. The van der Waals surface area contributed by atoms with Crippen LogP contribution in [0, 0.1) is 0 Å². The van der Waals surface area contributed by atoms with Crippen molar-refractivity contribution < 1.29 is 73.8 Å². The smallest absolute Gasteiger partial charge is 0.306 e. The van der Waals surface area contributed by atoms with Crippen LogP contribution in [0.15, 0.2) is 36.5 Å². The molecule has 2 rings (SSSR count). The molecule has 2 saturated heterocycles. The number of hydrogen-bond donors (Lipinski definition) is 7. The first kappa shape index (κ1) is 55.9. The minimum absolute atomic E-state index is 0.131. The third-order valence-electron chi connectivity index (χ3n) is 11.1. The molecule has 0 radical (unpaired) electrons. The number of aliphatic hydroxyl groups is 7. The lowest BCUT2D eigenvalue weighted by Gasteiger charge is -2.42. The molecule has 0 aromatic heterocycles. The molecule has 0 spiro atoms. The Labute approximate surface area is 370 Å². The van der Waals surface area contributed by atoms with Gasteiger partial charge in [-0.15, -0.1) is 0 Å². The first-order valence-corrected chi connectivity index (χ1v) is 23.6. The molecule has 11 unspecified atom stereocenters. The Kier molecular flexibility index (Phi) is 31.6. The van der Waals surface area contributed by atoms with E-state index in [1.54, 1.807) is 0 Å². The summed E-state index contributed by atoms with van der Waals surface area (Å²) >= 11 is 0. The highest BCUT2D eigenvalue weighted by Gasteiger charge is 2.47. The molecule has 0 bridgehead atoms. The van der Waals surface area contributed by atoms with Gasteiger partial charge in [-0.05, 0) is 44.9 Å². The Hall–Kier alpha value is -2.28. The van der Waals surface area contributed by atoms with E-state index in [1.807, 2.05) is 0 Å². The maximum absolute atomic E-state index is 12.9. The van der Waals surface area contributed by atoms with Gasteiger partial charge in [0.25, 0.3) is 0 Å². The van der Waals surface area contributed by atoms with Crippen LogP contribution in [0.25, 0.3) is 0 Å². The Morgan fingerprint density at radius 2 is 1.02 bits per heavy atom. The highest BCUT2D eigenvalue weighted by atomic mass is 16.7. The van der Waals surface area contributed by atoms with Gasteiger partial charge in [0.15, 0.2) is 18.7 Å². The topological polar surface area (TPSA) is 231 Å². The van der Waals surface area contributed by atoms with E-state index in [0.717, 1.165) is 57.8 Å². The van der Waals surface area contributed by atoms with E-state index in [4.69, 9.17) is 28.4 Å². The Morgan fingerprint density at radius 1 is 0.532 bits per heavy atom. The van der Waals surface area contributed by atoms with Gasteiger partial charge in [0.1, 0.15) is 55.4 Å². The minimum atomic E-state index is -1.77. The summed E-state index contributed by atoms with van der Waals surface area (Å²) in [5, 5.41) is 71.9. The van der Waals surface area contributed by atoms with Crippen LogP contribution in [-0.4, -0.2) is 142 Å². The quantitative estimate of drug-likeness (QED) is 0.0241. The lowest BCUT2D eigenvalue weighted by atomic mass is 9.98. The van der Waals surface area contributed by atoms with Gasteiger partial charge < -0.3 is 64.2 Å². The van der Waals surface area contributed by atoms with Gasteiger partial charge in [0.2, 0.25) is 0 Å². The number of unbranched alkanes of at least 4 members (excludes halogenated alkanes) is 15. The van der Waals surface area contributed by atoms with E-state index in [2.05, 4.69) is 50.3 Å². The van der Waals surface area contributed by atoms with Crippen LogP contribution in [0.1, 0.15) is 155 Å². The van der Waals surface area contributed by atoms with Crippen molar-refractivity contribution in [2.75, 3.05) is 26.4 Å². The lowest BCUT2D eigenvalue weighted by Crippen LogP contribution is -2.61. The van der Waals surface area contributed by atoms with Gasteiger partial charge >= 0.3 is 11.9 Å². The highest BCUT2D eigenvalue weighted by Crippen LogP contribution is 2.26. The predicted molar refractivity (Wildman–Crippen MR) is 234 cm³/mol. The van der Waals surface area contributed by atoms with E-state index >= 15 is 0 Å². The molecule has 15 heteroatoms. The molecule has 2 fully saturated rings. The molecule has 7 N–H and O–H groups in total. The molecule has 0 amide bonds. The van der Waals surface area contributed by atoms with Crippen LogP contribution in [0.2, 0.25) is 0 Å². The maximum atomic E-state index is 12.9. The van der Waals surface area contributed by atoms with Crippen molar-refractivity contribution in [1.29, 1.82) is 0 Å². The Morgan fingerprint density at radius 3 is 1.60 bits per heavy atom. The number of allylic oxidation sites excluding steroid dienone is 6. The molecule has 2 aliphatic heterocycles. The molecule has 360 valence electrons. The first-order chi connectivity index (χ1) is 30.0. The number of carbonyl (C=O) groups excluding carboxylic acids is 2. The highest BCUT2D eigenvalue weighted by molar-refractivity contribution is 5.70. The molecule has 0 saturated carbocycles. The van der Waals surface area contributed by atoms with Gasteiger partial charge in [-0.2, -0.15) is 0 Å². The van der Waals surface area contributed by atoms with Crippen molar-refractivity contribution in [3.63, 3.8) is 0 Å². The number of carbonyl (C=O) groups is 2. The Balaban J connectivity index is 1.86. The van der Waals surface area contributed by atoms with Gasteiger partial charge in [0, 0.05) is 12.8 Å². The molecule has 0 aliphatic carbocycles. The fourth-order valence-electron chi connectivity index (χ4n) is 7.23. The summed E-state index contributed by atoms with van der Waals surface area (Å²) in [6, 6.07) is 0. The Bertz CT molecular complexity index is 1230. The zero-order valence-electron chi connectivity index (χ0n) is 37.6. The normalized spacial score (nSPS) is 27.4. The molecule has 11 atom stereocenters. The van der Waals surface area contributed by atoms with Gasteiger partial charge in [-0.1, -0.05) is 134 Å². The number of hydrogen-bond acceptors (Lipinski definition) is 15. The molecule has 2 aliphatic rings. The second kappa shape index (κ2) is 35.0. The van der Waals surface area contributed by atoms with Gasteiger partial charge in [-0.25, -0.2) is 0 Å². The van der Waals surface area contributed by atoms with E-state index in [1.165, 1.54) is 57.8 Å². The largest absolute Gasteiger partial charge is 0.462 e. The van der Waals surface area contributed by atoms with E-state index in [-0.39, 0.29) is 19.4 Å². The van der Waals surface area contributed by atoms with Crippen LogP contribution >= 0.6 is 0 Å². The first-order valence-electron chi connectivity index (χ1n) is 23.6. The van der Waals surface area contributed by atoms with Crippen LogP contribution in [0.4, 0.5) is 0 Å². The van der Waals surface area contributed by atoms with Crippen LogP contribution in [-0.2, 0) is 38.0 Å². The summed E-state index contributed by atoms with van der Waals surface area (Å²) in [7, 11) is 0. The van der Waals surface area contributed by atoms with Crippen molar-refractivity contribution in [3.05, 3.63) is 36.5 Å². The molecule has 0 aromatic carbocycles. The fourth-order valence-corrected chi connectivity index (χ4v) is 7.23. The number of aliphatic hydroxyl groups excluding tert-OH is 7. The molecular weight excluding hydrogens is 805 g/mol. The number of esters is 2. The van der Waals surface area contributed by atoms with Crippen LogP contribution < -0.4 is 0 Å². The predicted octanol–water partition coefficient (Wildman–Crippen LogP) is 5.37. The SMILES string of the molecule is CC/C=C\C/C=C\C/C=C\CCCCCC(=O)OC(COC(=O)CCCCCCCCCCCCCCC)COC1OC(COC2OC(CO)C(O)C(O)C2O)C(O)C(O)C1O. The summed E-state index contributed by atoms with van der Waals surface area (Å²) in [5.74, 6) is -0.959. The summed E-state index contributed by atoms with van der Waals surface area (Å²) in [6.45, 7) is 2.42. The molecular formula is C47H82O15. The summed E-state index contributed by atoms with van der Waals surface area (Å²) in [5.41, 5.74) is 0. The maximum Gasteiger partial charge on any atom is 0.306 e. The van der Waals surface area contributed by atoms with Crippen molar-refractivity contribution in [2.45, 2.75) is 223 Å². The monoisotopic (exact) mass is 887 g/mol. The van der Waals surface area contributed by atoms with Crippen molar-refractivity contribution in [1.82, 2.24) is 0 Å². The average Bonchev–Trinajstić information content (AvgIpc) is 3.26. The molecule has 2 heterocycles. The second-order valence-electron chi connectivity index (χ2n) is 16.6. The zero-order valence-corrected chi connectivity index (χ0v) is 37.6. The van der Waals surface area contributed by atoms with Crippen molar-refractivity contribution >= 4 is 11.9 Å². The second-order valence-corrected chi connectivity index (χ2v) is 16.6. The van der Waals surface area contributed by atoms with E-state index in [9.17, 15) is 45.3 Å². The fraction of sp³-hybridized carbons (Fsp3) is 0.830.